The second-order valence-corrected chi connectivity index (χ2v) is 6.53. The first-order valence-corrected chi connectivity index (χ1v) is 9.39. The number of nitrogens with one attached hydrogen (secondary N) is 1. The molecule has 1 N–H and O–H groups in total. The van der Waals surface area contributed by atoms with Crippen molar-refractivity contribution in [2.24, 2.45) is 5.10 Å². The van der Waals surface area contributed by atoms with E-state index in [2.05, 4.69) is 10.5 Å². The molecule has 6 nitrogen and oxygen atoms in total. The zero-order valence-corrected chi connectivity index (χ0v) is 16.4. The monoisotopic (exact) mass is 400 g/mol. The number of carbonyl (C=O) groups is 1. The van der Waals surface area contributed by atoms with E-state index in [1.807, 2.05) is 66.7 Å². The molecule has 0 unspecified atom stereocenters. The van der Waals surface area contributed by atoms with Gasteiger partial charge in [0, 0.05) is 5.39 Å². The highest BCUT2D eigenvalue weighted by Crippen LogP contribution is 2.28. The summed E-state index contributed by atoms with van der Waals surface area (Å²) in [4.78, 5) is 12.3. The van der Waals surface area contributed by atoms with Gasteiger partial charge in [-0.05, 0) is 47.5 Å². The molecule has 4 rings (SSSR count). The second kappa shape index (κ2) is 8.96. The molecule has 0 aliphatic carbocycles. The number of ether oxygens (including phenoxy) is 2. The molecule has 1 amide bonds. The van der Waals surface area contributed by atoms with Crippen LogP contribution in [0.2, 0.25) is 0 Å². The maximum atomic E-state index is 12.3. The number of hydrogen-bond acceptors (Lipinski definition) is 5. The first kappa shape index (κ1) is 19.3. The van der Waals surface area contributed by atoms with Gasteiger partial charge in [-0.25, -0.2) is 5.43 Å². The first-order chi connectivity index (χ1) is 14.7. The highest BCUT2D eigenvalue weighted by molar-refractivity contribution is 5.97. The lowest BCUT2D eigenvalue weighted by Gasteiger charge is -2.06. The summed E-state index contributed by atoms with van der Waals surface area (Å²) >= 11 is 0. The SMILES string of the molecule is COc1cccc2cc(C(=O)N/N=C\c3ccc(OCc4ccccc4)cc3)oc12. The first-order valence-electron chi connectivity index (χ1n) is 9.39. The van der Waals surface area contributed by atoms with Crippen LogP contribution in [0.1, 0.15) is 21.7 Å². The largest absolute Gasteiger partial charge is 0.493 e. The maximum absolute atomic E-state index is 12.3. The zero-order chi connectivity index (χ0) is 20.8. The fraction of sp³-hybridized carbons (Fsp3) is 0.0833. The molecule has 0 aliphatic heterocycles. The molecule has 0 spiro atoms. The lowest BCUT2D eigenvalue weighted by Crippen LogP contribution is -2.16. The van der Waals surface area contributed by atoms with Crippen LogP contribution in [0.4, 0.5) is 0 Å². The number of hydrogen-bond donors (Lipinski definition) is 1. The Morgan fingerprint density at radius 1 is 1.03 bits per heavy atom. The Bertz CT molecular complexity index is 1170. The van der Waals surface area contributed by atoms with Crippen LogP contribution < -0.4 is 14.9 Å². The summed E-state index contributed by atoms with van der Waals surface area (Å²) in [5, 5.41) is 4.78. The van der Waals surface area contributed by atoms with Gasteiger partial charge >= 0.3 is 5.91 Å². The summed E-state index contributed by atoms with van der Waals surface area (Å²) < 4.78 is 16.6. The van der Waals surface area contributed by atoms with Crippen molar-refractivity contribution in [3.8, 4) is 11.5 Å². The summed E-state index contributed by atoms with van der Waals surface area (Å²) in [6.45, 7) is 0.507. The molecule has 0 atom stereocenters. The van der Waals surface area contributed by atoms with Crippen molar-refractivity contribution in [2.75, 3.05) is 7.11 Å². The van der Waals surface area contributed by atoms with Crippen molar-refractivity contribution in [2.45, 2.75) is 6.61 Å². The number of methoxy groups -OCH3 is 1. The molecular formula is C24H20N2O4. The summed E-state index contributed by atoms with van der Waals surface area (Å²) in [7, 11) is 1.55. The van der Waals surface area contributed by atoms with Crippen molar-refractivity contribution in [3.63, 3.8) is 0 Å². The van der Waals surface area contributed by atoms with Crippen molar-refractivity contribution >= 4 is 23.1 Å². The number of furan rings is 1. The van der Waals surface area contributed by atoms with Crippen molar-refractivity contribution < 1.29 is 18.7 Å². The Labute approximate surface area is 173 Å². The number of amides is 1. The summed E-state index contributed by atoms with van der Waals surface area (Å²) in [5.74, 6) is 1.06. The smallest absolute Gasteiger partial charge is 0.307 e. The van der Waals surface area contributed by atoms with E-state index < -0.39 is 5.91 Å². The summed E-state index contributed by atoms with van der Waals surface area (Å²) in [6, 6.07) is 24.5. The van der Waals surface area contributed by atoms with Crippen LogP contribution in [0.15, 0.2) is 88.4 Å². The molecule has 0 saturated carbocycles. The minimum atomic E-state index is -0.438. The van der Waals surface area contributed by atoms with Crippen LogP contribution in [-0.2, 0) is 6.61 Å². The summed E-state index contributed by atoms with van der Waals surface area (Å²) in [5.41, 5.74) is 4.93. The molecule has 6 heteroatoms. The molecule has 0 bridgehead atoms. The van der Waals surface area contributed by atoms with Gasteiger partial charge in [0.15, 0.2) is 17.1 Å². The van der Waals surface area contributed by atoms with Gasteiger partial charge in [-0.2, -0.15) is 5.10 Å². The van der Waals surface area contributed by atoms with Gasteiger partial charge in [-0.3, -0.25) is 4.79 Å². The molecule has 0 aliphatic rings. The van der Waals surface area contributed by atoms with Crippen molar-refractivity contribution in [1.29, 1.82) is 0 Å². The quantitative estimate of drug-likeness (QED) is 0.358. The predicted octanol–water partition coefficient (Wildman–Crippen LogP) is 4.78. The van der Waals surface area contributed by atoms with E-state index in [1.165, 1.54) is 0 Å². The van der Waals surface area contributed by atoms with E-state index in [0.29, 0.717) is 17.9 Å². The van der Waals surface area contributed by atoms with Crippen molar-refractivity contribution in [3.05, 3.63) is 95.7 Å². The molecule has 3 aromatic carbocycles. The van der Waals surface area contributed by atoms with Gasteiger partial charge in [0.2, 0.25) is 0 Å². The topological polar surface area (TPSA) is 73.1 Å². The van der Waals surface area contributed by atoms with E-state index in [1.54, 1.807) is 25.5 Å². The fourth-order valence-corrected chi connectivity index (χ4v) is 2.92. The van der Waals surface area contributed by atoms with Crippen LogP contribution in [0.5, 0.6) is 11.5 Å². The Balaban J connectivity index is 1.34. The van der Waals surface area contributed by atoms with Crippen LogP contribution in [0.3, 0.4) is 0 Å². The lowest BCUT2D eigenvalue weighted by atomic mass is 10.2. The highest BCUT2D eigenvalue weighted by Gasteiger charge is 2.14. The Morgan fingerprint density at radius 2 is 1.83 bits per heavy atom. The van der Waals surface area contributed by atoms with E-state index in [-0.39, 0.29) is 5.76 Å². The minimum absolute atomic E-state index is 0.163. The number of para-hydroxylation sites is 1. The normalized spacial score (nSPS) is 11.0. The average Bonchev–Trinajstić information content (AvgIpc) is 3.24. The van der Waals surface area contributed by atoms with Crippen LogP contribution in [0.25, 0.3) is 11.0 Å². The lowest BCUT2D eigenvalue weighted by molar-refractivity contribution is 0.0929. The number of hydrazone groups is 1. The maximum Gasteiger partial charge on any atom is 0.307 e. The van der Waals surface area contributed by atoms with Crippen molar-refractivity contribution in [1.82, 2.24) is 5.43 Å². The number of nitrogens with zero attached hydrogens (tertiary/aromatic N) is 1. The molecular weight excluding hydrogens is 380 g/mol. The van der Waals surface area contributed by atoms with Gasteiger partial charge in [-0.1, -0.05) is 42.5 Å². The van der Waals surface area contributed by atoms with Gasteiger partial charge < -0.3 is 13.9 Å². The van der Waals surface area contributed by atoms with E-state index in [4.69, 9.17) is 13.9 Å². The summed E-state index contributed by atoms with van der Waals surface area (Å²) in [6.07, 6.45) is 1.56. The van der Waals surface area contributed by atoms with Gasteiger partial charge in [0.1, 0.15) is 12.4 Å². The minimum Gasteiger partial charge on any atom is -0.493 e. The molecule has 1 aromatic heterocycles. The Morgan fingerprint density at radius 3 is 2.60 bits per heavy atom. The fourth-order valence-electron chi connectivity index (χ4n) is 2.92. The molecule has 0 saturated heterocycles. The third-order valence-electron chi connectivity index (χ3n) is 4.46. The van der Waals surface area contributed by atoms with E-state index >= 15 is 0 Å². The molecule has 4 aromatic rings. The standard InChI is InChI=1S/C24H20N2O4/c1-28-21-9-5-8-19-14-22(30-23(19)21)24(27)26-25-15-17-10-12-20(13-11-17)29-16-18-6-3-2-4-7-18/h2-15H,16H2,1H3,(H,26,27)/b25-15-. The Kier molecular flexibility index (Phi) is 5.75. The van der Waals surface area contributed by atoms with E-state index in [0.717, 1.165) is 22.3 Å². The second-order valence-electron chi connectivity index (χ2n) is 6.53. The average molecular weight is 400 g/mol. The number of fused-ring (bicyclic) bond motifs is 1. The van der Waals surface area contributed by atoms with Crippen LogP contribution >= 0.6 is 0 Å². The number of benzene rings is 3. The molecule has 1 heterocycles. The van der Waals surface area contributed by atoms with Gasteiger partial charge in [0.25, 0.3) is 0 Å². The molecule has 30 heavy (non-hydrogen) atoms. The number of rotatable bonds is 7. The van der Waals surface area contributed by atoms with E-state index in [9.17, 15) is 4.79 Å². The Hall–Kier alpha value is -4.06. The predicted molar refractivity (Wildman–Crippen MR) is 115 cm³/mol. The zero-order valence-electron chi connectivity index (χ0n) is 16.4. The van der Waals surface area contributed by atoms with Crippen LogP contribution in [-0.4, -0.2) is 19.2 Å². The molecule has 0 fully saturated rings. The molecule has 0 radical (unpaired) electrons. The third-order valence-corrected chi connectivity index (χ3v) is 4.46. The highest BCUT2D eigenvalue weighted by atomic mass is 16.5. The van der Waals surface area contributed by atoms with Crippen LogP contribution in [0, 0.1) is 0 Å². The third kappa shape index (κ3) is 4.50. The van der Waals surface area contributed by atoms with Gasteiger partial charge in [0.05, 0.1) is 13.3 Å². The number of carbonyl (C=O) groups excluding carboxylic acids is 1. The molecule has 150 valence electrons. The van der Waals surface area contributed by atoms with Gasteiger partial charge in [-0.15, -0.1) is 0 Å².